The minimum atomic E-state index is 0.987. The SMILES string of the molecule is C[N+](C)(C)Cc1csc2ccccc12. The lowest BCUT2D eigenvalue weighted by molar-refractivity contribution is -0.883. The molecule has 1 aromatic carbocycles. The Morgan fingerprint density at radius 3 is 2.57 bits per heavy atom. The molecule has 0 unspecified atom stereocenters. The maximum atomic E-state index is 2.29. The summed E-state index contributed by atoms with van der Waals surface area (Å²) in [4.78, 5) is 0. The van der Waals surface area contributed by atoms with Gasteiger partial charge in [-0.1, -0.05) is 18.2 Å². The van der Waals surface area contributed by atoms with Crippen LogP contribution in [0.3, 0.4) is 0 Å². The molecule has 0 amide bonds. The maximum Gasteiger partial charge on any atom is 0.105 e. The van der Waals surface area contributed by atoms with E-state index in [0.29, 0.717) is 0 Å². The van der Waals surface area contributed by atoms with E-state index in [2.05, 4.69) is 50.8 Å². The van der Waals surface area contributed by atoms with Gasteiger partial charge in [0, 0.05) is 21.0 Å². The molecule has 1 heterocycles. The molecule has 0 bridgehead atoms. The first-order valence-electron chi connectivity index (χ1n) is 4.82. The van der Waals surface area contributed by atoms with E-state index in [9.17, 15) is 0 Å². The van der Waals surface area contributed by atoms with Crippen LogP contribution in [0.2, 0.25) is 0 Å². The molecule has 0 aliphatic heterocycles. The molecule has 2 aromatic rings. The predicted molar refractivity (Wildman–Crippen MR) is 63.6 cm³/mol. The highest BCUT2D eigenvalue weighted by atomic mass is 32.1. The second kappa shape index (κ2) is 3.37. The molecule has 0 N–H and O–H groups in total. The van der Waals surface area contributed by atoms with Crippen LogP contribution in [0.15, 0.2) is 29.6 Å². The first kappa shape index (κ1) is 9.69. The van der Waals surface area contributed by atoms with Crippen molar-refractivity contribution in [2.75, 3.05) is 21.1 Å². The highest BCUT2D eigenvalue weighted by Crippen LogP contribution is 2.26. The minimum Gasteiger partial charge on any atom is -0.327 e. The zero-order valence-electron chi connectivity index (χ0n) is 8.95. The van der Waals surface area contributed by atoms with Crippen molar-refractivity contribution in [3.05, 3.63) is 35.2 Å². The first-order chi connectivity index (χ1) is 6.56. The van der Waals surface area contributed by atoms with Crippen molar-refractivity contribution in [1.29, 1.82) is 0 Å². The van der Waals surface area contributed by atoms with E-state index < -0.39 is 0 Å². The largest absolute Gasteiger partial charge is 0.327 e. The fourth-order valence-corrected chi connectivity index (χ4v) is 2.62. The molecule has 74 valence electrons. The number of nitrogens with zero attached hydrogens (tertiary/aromatic N) is 1. The van der Waals surface area contributed by atoms with Gasteiger partial charge in [0.2, 0.25) is 0 Å². The minimum absolute atomic E-state index is 0.987. The van der Waals surface area contributed by atoms with Gasteiger partial charge in [-0.15, -0.1) is 11.3 Å². The summed E-state index contributed by atoms with van der Waals surface area (Å²) < 4.78 is 2.39. The second-order valence-electron chi connectivity index (χ2n) is 4.71. The van der Waals surface area contributed by atoms with Gasteiger partial charge in [-0.3, -0.25) is 0 Å². The van der Waals surface area contributed by atoms with Gasteiger partial charge in [0.15, 0.2) is 0 Å². The van der Waals surface area contributed by atoms with Crippen LogP contribution in [0, 0.1) is 0 Å². The summed E-state index contributed by atoms with van der Waals surface area (Å²) in [5.41, 5.74) is 1.47. The molecule has 0 saturated carbocycles. The Morgan fingerprint density at radius 1 is 1.14 bits per heavy atom. The maximum absolute atomic E-state index is 2.29. The molecule has 0 aliphatic carbocycles. The fraction of sp³-hybridized carbons (Fsp3) is 0.333. The monoisotopic (exact) mass is 206 g/mol. The number of hydrogen-bond donors (Lipinski definition) is 0. The Hall–Kier alpha value is -0.860. The summed E-state index contributed by atoms with van der Waals surface area (Å²) in [6.07, 6.45) is 0. The average molecular weight is 206 g/mol. The Balaban J connectivity index is 2.44. The summed E-state index contributed by atoms with van der Waals surface area (Å²) >= 11 is 1.84. The molecule has 2 heteroatoms. The van der Waals surface area contributed by atoms with Gasteiger partial charge in [0.05, 0.1) is 21.1 Å². The Morgan fingerprint density at radius 2 is 1.86 bits per heavy atom. The fourth-order valence-electron chi connectivity index (χ4n) is 1.67. The molecule has 1 aromatic heterocycles. The van der Waals surface area contributed by atoms with Crippen LogP contribution >= 0.6 is 11.3 Å². The molecular weight excluding hydrogens is 190 g/mol. The molecule has 2 rings (SSSR count). The lowest BCUT2D eigenvalue weighted by atomic mass is 10.1. The molecule has 14 heavy (non-hydrogen) atoms. The lowest BCUT2D eigenvalue weighted by Gasteiger charge is -2.23. The molecule has 0 atom stereocenters. The zero-order chi connectivity index (χ0) is 10.2. The Labute approximate surface area is 89.2 Å². The quantitative estimate of drug-likeness (QED) is 0.662. The first-order valence-corrected chi connectivity index (χ1v) is 5.70. The summed E-state index contributed by atoms with van der Waals surface area (Å²) in [7, 11) is 6.69. The van der Waals surface area contributed by atoms with E-state index in [0.717, 1.165) is 11.0 Å². The molecule has 0 aliphatic rings. The van der Waals surface area contributed by atoms with Gasteiger partial charge in [0.1, 0.15) is 6.54 Å². The molecule has 0 spiro atoms. The highest BCUT2D eigenvalue weighted by Gasteiger charge is 2.12. The normalized spacial score (nSPS) is 12.2. The van der Waals surface area contributed by atoms with E-state index in [-0.39, 0.29) is 0 Å². The third-order valence-electron chi connectivity index (χ3n) is 2.21. The third-order valence-corrected chi connectivity index (χ3v) is 3.22. The summed E-state index contributed by atoms with van der Waals surface area (Å²) in [6.45, 7) is 1.10. The Bertz CT molecular complexity index is 437. The predicted octanol–water partition coefficient (Wildman–Crippen LogP) is 3.11. The number of benzene rings is 1. The van der Waals surface area contributed by atoms with Gasteiger partial charge in [-0.05, 0) is 6.07 Å². The van der Waals surface area contributed by atoms with E-state index in [1.54, 1.807) is 0 Å². The van der Waals surface area contributed by atoms with Gasteiger partial charge < -0.3 is 4.48 Å². The van der Waals surface area contributed by atoms with Crippen molar-refractivity contribution in [2.45, 2.75) is 6.54 Å². The van der Waals surface area contributed by atoms with Crippen LogP contribution in [0.4, 0.5) is 0 Å². The van der Waals surface area contributed by atoms with Crippen molar-refractivity contribution in [2.24, 2.45) is 0 Å². The van der Waals surface area contributed by atoms with Crippen molar-refractivity contribution in [3.63, 3.8) is 0 Å². The van der Waals surface area contributed by atoms with Gasteiger partial charge in [-0.2, -0.15) is 0 Å². The standard InChI is InChI=1S/C12H16NS/c1-13(2,3)8-10-9-14-12-7-5-4-6-11(10)12/h4-7,9H,8H2,1-3H3/q+1. The number of rotatable bonds is 2. The second-order valence-corrected chi connectivity index (χ2v) is 5.62. The van der Waals surface area contributed by atoms with Crippen molar-refractivity contribution in [3.8, 4) is 0 Å². The lowest BCUT2D eigenvalue weighted by Crippen LogP contribution is -2.33. The number of fused-ring (bicyclic) bond motifs is 1. The van der Waals surface area contributed by atoms with Crippen molar-refractivity contribution in [1.82, 2.24) is 0 Å². The Kier molecular flexibility index (Phi) is 2.33. The number of hydrogen-bond acceptors (Lipinski definition) is 1. The van der Waals surface area contributed by atoms with Crippen LogP contribution in [0.25, 0.3) is 10.1 Å². The van der Waals surface area contributed by atoms with Gasteiger partial charge >= 0.3 is 0 Å². The average Bonchev–Trinajstić information content (AvgIpc) is 2.47. The number of thiophene rings is 1. The van der Waals surface area contributed by atoms with Crippen LogP contribution in [0.5, 0.6) is 0 Å². The zero-order valence-corrected chi connectivity index (χ0v) is 9.77. The van der Waals surface area contributed by atoms with Crippen molar-refractivity contribution >= 4 is 21.4 Å². The number of quaternary nitrogens is 1. The van der Waals surface area contributed by atoms with Crippen LogP contribution in [0.1, 0.15) is 5.56 Å². The summed E-state index contributed by atoms with van der Waals surface area (Å²) in [6, 6.07) is 8.64. The van der Waals surface area contributed by atoms with Crippen LogP contribution in [-0.4, -0.2) is 25.6 Å². The molecule has 0 saturated heterocycles. The van der Waals surface area contributed by atoms with E-state index in [1.165, 1.54) is 15.6 Å². The highest BCUT2D eigenvalue weighted by molar-refractivity contribution is 7.17. The molecular formula is C12H16NS+. The molecule has 0 fully saturated rings. The smallest absolute Gasteiger partial charge is 0.105 e. The summed E-state index contributed by atoms with van der Waals surface area (Å²) in [5, 5.41) is 3.71. The van der Waals surface area contributed by atoms with Gasteiger partial charge in [-0.25, -0.2) is 0 Å². The summed E-state index contributed by atoms with van der Waals surface area (Å²) in [5.74, 6) is 0. The van der Waals surface area contributed by atoms with E-state index in [4.69, 9.17) is 0 Å². The van der Waals surface area contributed by atoms with E-state index in [1.807, 2.05) is 11.3 Å². The van der Waals surface area contributed by atoms with E-state index >= 15 is 0 Å². The molecule has 1 nitrogen and oxygen atoms in total. The van der Waals surface area contributed by atoms with Gasteiger partial charge in [0.25, 0.3) is 0 Å². The third kappa shape index (κ3) is 1.97. The van der Waals surface area contributed by atoms with Crippen molar-refractivity contribution < 1.29 is 4.48 Å². The van der Waals surface area contributed by atoms with Crippen LogP contribution < -0.4 is 0 Å². The topological polar surface area (TPSA) is 0 Å². The van der Waals surface area contributed by atoms with Crippen LogP contribution in [-0.2, 0) is 6.54 Å². The molecule has 0 radical (unpaired) electrons.